The first-order chi connectivity index (χ1) is 11.5. The number of carbonyl (C=O) groups excluding carboxylic acids is 1. The van der Waals surface area contributed by atoms with E-state index in [4.69, 9.17) is 32.7 Å². The molecule has 0 unspecified atom stereocenters. The van der Waals surface area contributed by atoms with Gasteiger partial charge in [0.25, 0.3) is 0 Å². The first kappa shape index (κ1) is 16.7. The zero-order valence-electron chi connectivity index (χ0n) is 13.0. The molecule has 24 heavy (non-hydrogen) atoms. The predicted molar refractivity (Wildman–Crippen MR) is 94.5 cm³/mol. The Morgan fingerprint density at radius 2 is 1.96 bits per heavy atom. The van der Waals surface area contributed by atoms with Crippen molar-refractivity contribution in [3.05, 3.63) is 63.6 Å². The SMILES string of the molecule is CN(Cc1ccc2c(c1)OCO2)C(=O)/C=C/c1cc(Cl)ccc1Cl. The second kappa shape index (κ2) is 7.16. The average Bonchev–Trinajstić information content (AvgIpc) is 3.03. The number of halogens is 2. The summed E-state index contributed by atoms with van der Waals surface area (Å²) in [4.78, 5) is 13.9. The van der Waals surface area contributed by atoms with E-state index in [1.807, 2.05) is 18.2 Å². The summed E-state index contributed by atoms with van der Waals surface area (Å²) >= 11 is 12.0. The predicted octanol–water partition coefficient (Wildman–Crippen LogP) is 4.39. The smallest absolute Gasteiger partial charge is 0.246 e. The topological polar surface area (TPSA) is 38.8 Å². The number of fused-ring (bicyclic) bond motifs is 1. The molecule has 1 amide bonds. The maximum absolute atomic E-state index is 12.3. The van der Waals surface area contributed by atoms with Gasteiger partial charge in [-0.15, -0.1) is 0 Å². The summed E-state index contributed by atoms with van der Waals surface area (Å²) in [5.41, 5.74) is 1.67. The van der Waals surface area contributed by atoms with Gasteiger partial charge in [0.1, 0.15) is 0 Å². The number of carbonyl (C=O) groups is 1. The largest absolute Gasteiger partial charge is 0.454 e. The molecule has 0 aromatic heterocycles. The van der Waals surface area contributed by atoms with Crippen molar-refractivity contribution in [2.24, 2.45) is 0 Å². The molecule has 0 spiro atoms. The number of nitrogens with zero attached hydrogens (tertiary/aromatic N) is 1. The third-order valence-corrected chi connectivity index (χ3v) is 4.18. The fraction of sp³-hybridized carbons (Fsp3) is 0.167. The van der Waals surface area contributed by atoms with Crippen molar-refractivity contribution < 1.29 is 14.3 Å². The summed E-state index contributed by atoms with van der Waals surface area (Å²) in [7, 11) is 1.73. The lowest BCUT2D eigenvalue weighted by Crippen LogP contribution is -2.24. The number of benzene rings is 2. The van der Waals surface area contributed by atoms with E-state index in [0.29, 0.717) is 27.9 Å². The molecule has 2 aromatic rings. The Bertz CT molecular complexity index is 805. The molecule has 0 atom stereocenters. The Labute approximate surface area is 150 Å². The van der Waals surface area contributed by atoms with E-state index in [-0.39, 0.29) is 12.7 Å². The molecule has 6 heteroatoms. The van der Waals surface area contributed by atoms with Crippen LogP contribution in [0.25, 0.3) is 6.08 Å². The quantitative estimate of drug-likeness (QED) is 0.756. The Hall–Kier alpha value is -2.17. The van der Waals surface area contributed by atoms with E-state index in [1.54, 1.807) is 36.2 Å². The maximum atomic E-state index is 12.3. The van der Waals surface area contributed by atoms with Gasteiger partial charge < -0.3 is 14.4 Å². The summed E-state index contributed by atoms with van der Waals surface area (Å²) < 4.78 is 10.6. The number of likely N-dealkylation sites (N-methyl/N-ethyl adjacent to an activating group) is 1. The van der Waals surface area contributed by atoms with Crippen LogP contribution in [0, 0.1) is 0 Å². The van der Waals surface area contributed by atoms with Crippen molar-refractivity contribution in [3.63, 3.8) is 0 Å². The van der Waals surface area contributed by atoms with Crippen LogP contribution in [0.5, 0.6) is 11.5 Å². The molecule has 1 aliphatic rings. The first-order valence-electron chi connectivity index (χ1n) is 7.30. The molecular formula is C18H15Cl2NO3. The molecular weight excluding hydrogens is 349 g/mol. The van der Waals surface area contributed by atoms with E-state index >= 15 is 0 Å². The van der Waals surface area contributed by atoms with Gasteiger partial charge in [-0.05, 0) is 47.5 Å². The first-order valence-corrected chi connectivity index (χ1v) is 8.05. The zero-order valence-corrected chi connectivity index (χ0v) is 14.5. The minimum Gasteiger partial charge on any atom is -0.454 e. The molecule has 0 radical (unpaired) electrons. The van der Waals surface area contributed by atoms with Gasteiger partial charge in [0.15, 0.2) is 11.5 Å². The molecule has 0 saturated heterocycles. The van der Waals surface area contributed by atoms with Crippen LogP contribution in [0.3, 0.4) is 0 Å². The molecule has 2 aromatic carbocycles. The summed E-state index contributed by atoms with van der Waals surface area (Å²) in [5, 5.41) is 1.11. The van der Waals surface area contributed by atoms with Gasteiger partial charge in [-0.25, -0.2) is 0 Å². The van der Waals surface area contributed by atoms with E-state index in [2.05, 4.69) is 0 Å². The Morgan fingerprint density at radius 1 is 1.17 bits per heavy atom. The van der Waals surface area contributed by atoms with Crippen LogP contribution in [0.1, 0.15) is 11.1 Å². The molecule has 0 N–H and O–H groups in total. The van der Waals surface area contributed by atoms with Gasteiger partial charge in [-0.3, -0.25) is 4.79 Å². The molecule has 0 aliphatic carbocycles. The minimum absolute atomic E-state index is 0.135. The number of rotatable bonds is 4. The van der Waals surface area contributed by atoms with Crippen molar-refractivity contribution in [1.82, 2.24) is 4.90 Å². The molecule has 3 rings (SSSR count). The van der Waals surface area contributed by atoms with Gasteiger partial charge in [-0.1, -0.05) is 29.3 Å². The fourth-order valence-corrected chi connectivity index (χ4v) is 2.68. The third-order valence-electron chi connectivity index (χ3n) is 3.60. The highest BCUT2D eigenvalue weighted by atomic mass is 35.5. The lowest BCUT2D eigenvalue weighted by atomic mass is 10.2. The molecule has 0 fully saturated rings. The summed E-state index contributed by atoms with van der Waals surface area (Å²) in [5.74, 6) is 1.29. The summed E-state index contributed by atoms with van der Waals surface area (Å²) in [6.45, 7) is 0.694. The van der Waals surface area contributed by atoms with Crippen LogP contribution >= 0.6 is 23.2 Å². The fourth-order valence-electron chi connectivity index (χ4n) is 2.32. The highest BCUT2D eigenvalue weighted by Gasteiger charge is 2.14. The van der Waals surface area contributed by atoms with Crippen molar-refractivity contribution in [3.8, 4) is 11.5 Å². The minimum atomic E-state index is -0.135. The molecule has 0 saturated carbocycles. The van der Waals surface area contributed by atoms with Gasteiger partial charge >= 0.3 is 0 Å². The van der Waals surface area contributed by atoms with Gasteiger partial charge in [0.05, 0.1) is 0 Å². The lowest BCUT2D eigenvalue weighted by Gasteiger charge is -2.15. The lowest BCUT2D eigenvalue weighted by molar-refractivity contribution is -0.125. The van der Waals surface area contributed by atoms with Gasteiger partial charge in [0.2, 0.25) is 12.7 Å². The van der Waals surface area contributed by atoms with Crippen molar-refractivity contribution in [1.29, 1.82) is 0 Å². The van der Waals surface area contributed by atoms with Crippen LogP contribution < -0.4 is 9.47 Å². The van der Waals surface area contributed by atoms with Crippen LogP contribution in [-0.2, 0) is 11.3 Å². The Kier molecular flexibility index (Phi) is 4.97. The molecule has 124 valence electrons. The molecule has 0 bridgehead atoms. The normalized spacial score (nSPS) is 12.6. The van der Waals surface area contributed by atoms with Crippen LogP contribution in [0.4, 0.5) is 0 Å². The van der Waals surface area contributed by atoms with Gasteiger partial charge in [0, 0.05) is 29.7 Å². The molecule has 1 heterocycles. The standard InChI is InChI=1S/C18H15Cl2NO3/c1-21(10-12-2-6-16-17(8-12)24-11-23-16)18(22)7-3-13-9-14(19)4-5-15(13)20/h2-9H,10-11H2,1H3/b7-3+. The van der Waals surface area contributed by atoms with Crippen molar-refractivity contribution in [2.45, 2.75) is 6.54 Å². The van der Waals surface area contributed by atoms with Gasteiger partial charge in [-0.2, -0.15) is 0 Å². The molecule has 1 aliphatic heterocycles. The summed E-state index contributed by atoms with van der Waals surface area (Å²) in [6, 6.07) is 10.8. The monoisotopic (exact) mass is 363 g/mol. The highest BCUT2D eigenvalue weighted by molar-refractivity contribution is 6.34. The van der Waals surface area contributed by atoms with Crippen molar-refractivity contribution >= 4 is 35.2 Å². The summed E-state index contributed by atoms with van der Waals surface area (Å²) in [6.07, 6.45) is 3.14. The second-order valence-corrected chi connectivity index (χ2v) is 6.22. The zero-order chi connectivity index (χ0) is 17.1. The average molecular weight is 364 g/mol. The molecule has 4 nitrogen and oxygen atoms in total. The highest BCUT2D eigenvalue weighted by Crippen LogP contribution is 2.32. The van der Waals surface area contributed by atoms with Crippen LogP contribution in [0.2, 0.25) is 10.0 Å². The van der Waals surface area contributed by atoms with Crippen molar-refractivity contribution in [2.75, 3.05) is 13.8 Å². The van der Waals surface area contributed by atoms with Crippen LogP contribution in [0.15, 0.2) is 42.5 Å². The maximum Gasteiger partial charge on any atom is 0.246 e. The number of amides is 1. The van der Waals surface area contributed by atoms with Crippen LogP contribution in [-0.4, -0.2) is 24.6 Å². The van der Waals surface area contributed by atoms with E-state index in [9.17, 15) is 4.79 Å². The van der Waals surface area contributed by atoms with E-state index in [0.717, 1.165) is 11.3 Å². The number of ether oxygens (including phenoxy) is 2. The van der Waals surface area contributed by atoms with E-state index in [1.165, 1.54) is 6.08 Å². The Balaban J connectivity index is 1.66. The number of hydrogen-bond donors (Lipinski definition) is 0. The van der Waals surface area contributed by atoms with E-state index < -0.39 is 0 Å². The second-order valence-electron chi connectivity index (χ2n) is 5.38. The number of hydrogen-bond acceptors (Lipinski definition) is 3. The Morgan fingerprint density at radius 3 is 2.79 bits per heavy atom. The third kappa shape index (κ3) is 3.83.